The minimum Gasteiger partial charge on any atom is -0.381 e. The zero-order chi connectivity index (χ0) is 19.7. The maximum Gasteiger partial charge on any atom is 0.194 e. The molecule has 0 aliphatic carbocycles. The molecule has 28 heavy (non-hydrogen) atoms. The van der Waals surface area contributed by atoms with Gasteiger partial charge >= 0.3 is 0 Å². The summed E-state index contributed by atoms with van der Waals surface area (Å²) in [5.74, 6) is 2.23. The number of ether oxygens (including phenoxy) is 1. The van der Waals surface area contributed by atoms with Crippen LogP contribution in [0.25, 0.3) is 0 Å². The maximum atomic E-state index is 5.61. The summed E-state index contributed by atoms with van der Waals surface area (Å²) in [4.78, 5) is 10.1. The second kappa shape index (κ2) is 11.1. The van der Waals surface area contributed by atoms with Crippen LogP contribution in [0.2, 0.25) is 0 Å². The SMILES string of the molecule is CCNC(=NCC1(SCC)CCOCC1)N1CCN(Cc2ccccc2)CC1. The normalized spacial score (nSPS) is 20.9. The summed E-state index contributed by atoms with van der Waals surface area (Å²) >= 11 is 2.07. The smallest absolute Gasteiger partial charge is 0.194 e. The highest BCUT2D eigenvalue weighted by molar-refractivity contribution is 8.00. The molecule has 0 atom stereocenters. The number of hydrogen-bond donors (Lipinski definition) is 1. The predicted octanol–water partition coefficient (Wildman–Crippen LogP) is 3.07. The number of aliphatic imine (C=N–C) groups is 1. The summed E-state index contributed by atoms with van der Waals surface area (Å²) in [7, 11) is 0. The lowest BCUT2D eigenvalue weighted by atomic mass is 9.99. The summed E-state index contributed by atoms with van der Waals surface area (Å²) in [5.41, 5.74) is 1.40. The largest absolute Gasteiger partial charge is 0.381 e. The second-order valence-corrected chi connectivity index (χ2v) is 9.38. The predicted molar refractivity (Wildman–Crippen MR) is 120 cm³/mol. The number of guanidine groups is 1. The van der Waals surface area contributed by atoms with Crippen LogP contribution in [0.3, 0.4) is 0 Å². The monoisotopic (exact) mass is 404 g/mol. The van der Waals surface area contributed by atoms with Crippen LogP contribution in [-0.2, 0) is 11.3 Å². The molecule has 0 aromatic heterocycles. The highest BCUT2D eigenvalue weighted by Crippen LogP contribution is 2.35. The van der Waals surface area contributed by atoms with Crippen molar-refractivity contribution >= 4 is 17.7 Å². The molecule has 1 aromatic carbocycles. The van der Waals surface area contributed by atoms with Gasteiger partial charge in [0.1, 0.15) is 0 Å². The fourth-order valence-electron chi connectivity index (χ4n) is 4.00. The van der Waals surface area contributed by atoms with E-state index in [9.17, 15) is 0 Å². The highest BCUT2D eigenvalue weighted by atomic mass is 32.2. The van der Waals surface area contributed by atoms with Gasteiger partial charge in [-0.05, 0) is 31.1 Å². The molecule has 0 unspecified atom stereocenters. The summed E-state index contributed by atoms with van der Waals surface area (Å²) in [6, 6.07) is 10.8. The molecule has 156 valence electrons. The first kappa shape index (κ1) is 21.5. The third kappa shape index (κ3) is 6.13. The Morgan fingerprint density at radius 1 is 1.11 bits per heavy atom. The fourth-order valence-corrected chi connectivity index (χ4v) is 5.23. The molecular formula is C22H36N4OS. The summed E-state index contributed by atoms with van der Waals surface area (Å²) in [6.07, 6.45) is 2.22. The Kier molecular flexibility index (Phi) is 8.49. The third-order valence-electron chi connectivity index (χ3n) is 5.63. The zero-order valence-corrected chi connectivity index (χ0v) is 18.3. The van der Waals surface area contributed by atoms with Gasteiger partial charge in [0.2, 0.25) is 0 Å². The molecule has 2 aliphatic rings. The van der Waals surface area contributed by atoms with E-state index in [1.54, 1.807) is 0 Å². The van der Waals surface area contributed by atoms with Gasteiger partial charge in [-0.3, -0.25) is 9.89 Å². The standard InChI is InChI=1S/C22H36N4OS/c1-3-23-21(24-19-22(28-4-2)10-16-27-17-11-22)26-14-12-25(13-15-26)18-20-8-6-5-7-9-20/h5-9H,3-4,10-19H2,1-2H3,(H,23,24). The van der Waals surface area contributed by atoms with Crippen molar-refractivity contribution in [3.8, 4) is 0 Å². The van der Waals surface area contributed by atoms with E-state index in [1.165, 1.54) is 5.56 Å². The number of hydrogen-bond acceptors (Lipinski definition) is 4. The van der Waals surface area contributed by atoms with Crippen LogP contribution >= 0.6 is 11.8 Å². The van der Waals surface area contributed by atoms with Crippen molar-refractivity contribution in [2.24, 2.45) is 4.99 Å². The van der Waals surface area contributed by atoms with Gasteiger partial charge in [-0.1, -0.05) is 37.3 Å². The molecule has 0 spiro atoms. The van der Waals surface area contributed by atoms with E-state index >= 15 is 0 Å². The van der Waals surface area contributed by atoms with E-state index in [2.05, 4.69) is 71.1 Å². The molecule has 0 radical (unpaired) electrons. The van der Waals surface area contributed by atoms with Gasteiger partial charge in [0.15, 0.2) is 5.96 Å². The Bertz CT molecular complexity index is 590. The number of benzene rings is 1. The van der Waals surface area contributed by atoms with Gasteiger partial charge in [-0.15, -0.1) is 0 Å². The van der Waals surface area contributed by atoms with Gasteiger partial charge in [0.25, 0.3) is 0 Å². The van der Waals surface area contributed by atoms with Crippen molar-refractivity contribution < 1.29 is 4.74 Å². The van der Waals surface area contributed by atoms with Crippen molar-refractivity contribution in [2.75, 3.05) is 58.2 Å². The molecule has 1 aromatic rings. The number of rotatable bonds is 7. The van der Waals surface area contributed by atoms with Crippen molar-refractivity contribution in [3.63, 3.8) is 0 Å². The third-order valence-corrected chi connectivity index (χ3v) is 7.07. The number of piperazine rings is 1. The number of nitrogens with zero attached hydrogens (tertiary/aromatic N) is 3. The van der Waals surface area contributed by atoms with Gasteiger partial charge in [0, 0.05) is 57.2 Å². The van der Waals surface area contributed by atoms with E-state index < -0.39 is 0 Å². The average Bonchev–Trinajstić information content (AvgIpc) is 2.73. The van der Waals surface area contributed by atoms with Crippen molar-refractivity contribution in [3.05, 3.63) is 35.9 Å². The van der Waals surface area contributed by atoms with E-state index in [4.69, 9.17) is 9.73 Å². The van der Waals surface area contributed by atoms with E-state index in [0.29, 0.717) is 0 Å². The lowest BCUT2D eigenvalue weighted by molar-refractivity contribution is 0.0792. The maximum absolute atomic E-state index is 5.61. The van der Waals surface area contributed by atoms with Crippen LogP contribution in [0.4, 0.5) is 0 Å². The van der Waals surface area contributed by atoms with E-state index in [1.807, 2.05) is 0 Å². The van der Waals surface area contributed by atoms with E-state index in [0.717, 1.165) is 83.6 Å². The molecule has 0 bridgehead atoms. The molecule has 0 amide bonds. The average molecular weight is 405 g/mol. The summed E-state index contributed by atoms with van der Waals surface area (Å²) < 4.78 is 5.86. The molecule has 6 heteroatoms. The molecular weight excluding hydrogens is 368 g/mol. The van der Waals surface area contributed by atoms with Crippen LogP contribution in [0.15, 0.2) is 35.3 Å². The lowest BCUT2D eigenvalue weighted by Crippen LogP contribution is -2.52. The summed E-state index contributed by atoms with van der Waals surface area (Å²) in [6.45, 7) is 13.2. The minimum absolute atomic E-state index is 0.253. The Hall–Kier alpha value is -1.24. The molecule has 2 fully saturated rings. The molecule has 5 nitrogen and oxygen atoms in total. The van der Waals surface area contributed by atoms with Gasteiger partial charge in [-0.2, -0.15) is 11.8 Å². The Morgan fingerprint density at radius 3 is 2.46 bits per heavy atom. The van der Waals surface area contributed by atoms with Gasteiger partial charge in [-0.25, -0.2) is 0 Å². The Labute approximate surface area is 174 Å². The molecule has 1 N–H and O–H groups in total. The zero-order valence-electron chi connectivity index (χ0n) is 17.5. The molecule has 2 heterocycles. The van der Waals surface area contributed by atoms with Crippen LogP contribution in [0.1, 0.15) is 32.3 Å². The molecule has 3 rings (SSSR count). The molecule has 2 aliphatic heterocycles. The topological polar surface area (TPSA) is 40.1 Å². The van der Waals surface area contributed by atoms with Gasteiger partial charge in [0.05, 0.1) is 6.54 Å². The lowest BCUT2D eigenvalue weighted by Gasteiger charge is -2.38. The first-order chi connectivity index (χ1) is 13.7. The number of nitrogens with one attached hydrogen (secondary N) is 1. The first-order valence-corrected chi connectivity index (χ1v) is 11.7. The van der Waals surface area contributed by atoms with Crippen LogP contribution in [0.5, 0.6) is 0 Å². The van der Waals surface area contributed by atoms with Gasteiger partial charge < -0.3 is 15.0 Å². The second-order valence-electron chi connectivity index (χ2n) is 7.65. The fraction of sp³-hybridized carbons (Fsp3) is 0.682. The highest BCUT2D eigenvalue weighted by Gasteiger charge is 2.33. The van der Waals surface area contributed by atoms with E-state index in [-0.39, 0.29) is 4.75 Å². The van der Waals surface area contributed by atoms with Crippen LogP contribution in [-0.4, -0.2) is 78.7 Å². The van der Waals surface area contributed by atoms with Crippen molar-refractivity contribution in [1.29, 1.82) is 0 Å². The Balaban J connectivity index is 1.57. The Morgan fingerprint density at radius 2 is 1.82 bits per heavy atom. The van der Waals surface area contributed by atoms with Crippen LogP contribution < -0.4 is 5.32 Å². The van der Waals surface area contributed by atoms with Crippen molar-refractivity contribution in [1.82, 2.24) is 15.1 Å². The quantitative estimate of drug-likeness (QED) is 0.559. The molecule has 0 saturated carbocycles. The molecule has 2 saturated heterocycles. The summed E-state index contributed by atoms with van der Waals surface area (Å²) in [5, 5.41) is 3.53. The minimum atomic E-state index is 0.253. The first-order valence-electron chi connectivity index (χ1n) is 10.8. The number of thioether (sulfide) groups is 1. The van der Waals surface area contributed by atoms with Crippen LogP contribution in [0, 0.1) is 0 Å². The van der Waals surface area contributed by atoms with Crippen molar-refractivity contribution in [2.45, 2.75) is 38.0 Å².